The van der Waals surface area contributed by atoms with Gasteiger partial charge < -0.3 is 11.1 Å². The van der Waals surface area contributed by atoms with Crippen LogP contribution in [0, 0.1) is 6.92 Å². The molecular formula is C15H12BrN3OS. The molecule has 0 atom stereocenters. The number of carbonyl (C=O) groups is 1. The van der Waals surface area contributed by atoms with Crippen molar-refractivity contribution in [1.82, 2.24) is 4.98 Å². The second-order valence-corrected chi connectivity index (χ2v) is 6.51. The molecule has 0 fully saturated rings. The number of nitrogens with one attached hydrogen (secondary N) is 1. The van der Waals surface area contributed by atoms with E-state index in [2.05, 4.69) is 26.2 Å². The highest BCUT2D eigenvalue weighted by molar-refractivity contribution is 9.10. The minimum Gasteiger partial charge on any atom is -0.397 e. The quantitative estimate of drug-likeness (QED) is 0.718. The van der Waals surface area contributed by atoms with Gasteiger partial charge in [0.1, 0.15) is 4.88 Å². The second kappa shape index (κ2) is 5.46. The van der Waals surface area contributed by atoms with Gasteiger partial charge in [-0.3, -0.25) is 9.78 Å². The van der Waals surface area contributed by atoms with Gasteiger partial charge >= 0.3 is 0 Å². The lowest BCUT2D eigenvalue weighted by Gasteiger charge is -2.04. The van der Waals surface area contributed by atoms with Crippen LogP contribution in [-0.2, 0) is 0 Å². The molecule has 0 aliphatic carbocycles. The number of carbonyl (C=O) groups excluding carboxylic acids is 1. The van der Waals surface area contributed by atoms with Gasteiger partial charge in [-0.25, -0.2) is 0 Å². The van der Waals surface area contributed by atoms with Crippen LogP contribution in [0.5, 0.6) is 0 Å². The fourth-order valence-electron chi connectivity index (χ4n) is 2.03. The first-order valence-corrected chi connectivity index (χ1v) is 7.87. The molecule has 0 radical (unpaired) electrons. The standard InChI is InChI=1S/C15H12BrN3OS/c1-8-5-6-9(7-18-8)19-15(20)14-13(17)12-10(16)3-2-4-11(12)21-14/h2-7H,17H2,1H3,(H,19,20). The summed E-state index contributed by atoms with van der Waals surface area (Å²) in [5.74, 6) is -0.216. The summed E-state index contributed by atoms with van der Waals surface area (Å²) in [4.78, 5) is 17.0. The van der Waals surface area contributed by atoms with Crippen LogP contribution in [0.15, 0.2) is 41.0 Å². The van der Waals surface area contributed by atoms with E-state index >= 15 is 0 Å². The molecule has 0 aliphatic rings. The SMILES string of the molecule is Cc1ccc(NC(=O)c2sc3cccc(Br)c3c2N)cn1. The van der Waals surface area contributed by atoms with Gasteiger partial charge in [-0.2, -0.15) is 0 Å². The Hall–Kier alpha value is -1.92. The van der Waals surface area contributed by atoms with Crippen LogP contribution in [0.3, 0.4) is 0 Å². The number of aryl methyl sites for hydroxylation is 1. The van der Waals surface area contributed by atoms with Crippen molar-refractivity contribution < 1.29 is 4.79 Å². The van der Waals surface area contributed by atoms with Crippen LogP contribution in [0.1, 0.15) is 15.4 Å². The Balaban J connectivity index is 1.96. The number of nitrogen functional groups attached to an aromatic ring is 1. The highest BCUT2D eigenvalue weighted by Crippen LogP contribution is 2.38. The van der Waals surface area contributed by atoms with E-state index in [0.717, 1.165) is 20.3 Å². The van der Waals surface area contributed by atoms with Crippen LogP contribution in [0.2, 0.25) is 0 Å². The smallest absolute Gasteiger partial charge is 0.267 e. The van der Waals surface area contributed by atoms with Gasteiger partial charge in [0.2, 0.25) is 0 Å². The number of benzene rings is 1. The summed E-state index contributed by atoms with van der Waals surface area (Å²) in [7, 11) is 0. The molecule has 0 saturated heterocycles. The molecule has 0 spiro atoms. The number of rotatable bonds is 2. The third kappa shape index (κ3) is 2.64. The summed E-state index contributed by atoms with van der Waals surface area (Å²) in [5, 5.41) is 3.70. The molecule has 0 aliphatic heterocycles. The maximum atomic E-state index is 12.4. The number of thiophene rings is 1. The van der Waals surface area contributed by atoms with E-state index in [9.17, 15) is 4.79 Å². The van der Waals surface area contributed by atoms with Crippen molar-refractivity contribution in [3.8, 4) is 0 Å². The van der Waals surface area contributed by atoms with Crippen LogP contribution < -0.4 is 11.1 Å². The van der Waals surface area contributed by atoms with E-state index in [4.69, 9.17) is 5.73 Å². The maximum absolute atomic E-state index is 12.4. The average molecular weight is 362 g/mol. The predicted molar refractivity (Wildman–Crippen MR) is 90.9 cm³/mol. The first kappa shape index (κ1) is 14.0. The van der Waals surface area contributed by atoms with Gasteiger partial charge in [-0.1, -0.05) is 22.0 Å². The summed E-state index contributed by atoms with van der Waals surface area (Å²) in [6, 6.07) is 9.45. The molecular weight excluding hydrogens is 350 g/mol. The Morgan fingerprint density at radius 2 is 2.14 bits per heavy atom. The summed E-state index contributed by atoms with van der Waals surface area (Å²) < 4.78 is 1.87. The number of hydrogen-bond acceptors (Lipinski definition) is 4. The molecule has 3 N–H and O–H groups in total. The second-order valence-electron chi connectivity index (χ2n) is 4.60. The van der Waals surface area contributed by atoms with E-state index in [1.807, 2.05) is 37.3 Å². The van der Waals surface area contributed by atoms with Crippen molar-refractivity contribution >= 4 is 54.6 Å². The molecule has 1 aromatic carbocycles. The molecule has 3 aromatic rings. The molecule has 0 saturated carbocycles. The fourth-order valence-corrected chi connectivity index (χ4v) is 3.78. The van der Waals surface area contributed by atoms with Gasteiger partial charge in [-0.15, -0.1) is 11.3 Å². The first-order chi connectivity index (χ1) is 10.1. The number of anilines is 2. The number of pyridine rings is 1. The van der Waals surface area contributed by atoms with Crippen molar-refractivity contribution in [2.45, 2.75) is 6.92 Å². The lowest BCUT2D eigenvalue weighted by atomic mass is 10.2. The monoisotopic (exact) mass is 361 g/mol. The van der Waals surface area contributed by atoms with Crippen LogP contribution in [0.4, 0.5) is 11.4 Å². The van der Waals surface area contributed by atoms with Gasteiger partial charge in [-0.05, 0) is 31.2 Å². The van der Waals surface area contributed by atoms with E-state index in [1.165, 1.54) is 11.3 Å². The van der Waals surface area contributed by atoms with Crippen molar-refractivity contribution in [3.05, 3.63) is 51.6 Å². The van der Waals surface area contributed by atoms with E-state index in [0.29, 0.717) is 16.3 Å². The third-order valence-corrected chi connectivity index (χ3v) is 4.91. The van der Waals surface area contributed by atoms with Gasteiger partial charge in [0.05, 0.1) is 17.6 Å². The van der Waals surface area contributed by atoms with Gasteiger partial charge in [0.15, 0.2) is 0 Å². The lowest BCUT2D eigenvalue weighted by molar-refractivity contribution is 0.103. The Labute approximate surface area is 134 Å². The molecule has 1 amide bonds. The topological polar surface area (TPSA) is 68.0 Å². The van der Waals surface area contributed by atoms with Crippen LogP contribution >= 0.6 is 27.3 Å². The molecule has 2 heterocycles. The van der Waals surface area contributed by atoms with E-state index in [1.54, 1.807) is 6.20 Å². The average Bonchev–Trinajstić information content (AvgIpc) is 2.80. The van der Waals surface area contributed by atoms with Crippen molar-refractivity contribution in [2.24, 2.45) is 0 Å². The number of hydrogen-bond donors (Lipinski definition) is 2. The molecule has 3 rings (SSSR count). The normalized spacial score (nSPS) is 10.8. The maximum Gasteiger partial charge on any atom is 0.267 e. The van der Waals surface area contributed by atoms with E-state index < -0.39 is 0 Å². The summed E-state index contributed by atoms with van der Waals surface area (Å²) in [6.07, 6.45) is 1.63. The number of amides is 1. The zero-order valence-electron chi connectivity index (χ0n) is 11.2. The number of nitrogens with two attached hydrogens (primary N) is 1. The third-order valence-electron chi connectivity index (χ3n) is 3.08. The van der Waals surface area contributed by atoms with Crippen LogP contribution in [0.25, 0.3) is 10.1 Å². The minimum atomic E-state index is -0.216. The molecule has 21 heavy (non-hydrogen) atoms. The Morgan fingerprint density at radius 1 is 1.33 bits per heavy atom. The molecule has 6 heteroatoms. The number of aromatic nitrogens is 1. The zero-order valence-corrected chi connectivity index (χ0v) is 13.6. The van der Waals surface area contributed by atoms with Crippen LogP contribution in [-0.4, -0.2) is 10.9 Å². The molecule has 0 unspecified atom stereocenters. The largest absolute Gasteiger partial charge is 0.397 e. The molecule has 0 bridgehead atoms. The molecule has 4 nitrogen and oxygen atoms in total. The van der Waals surface area contributed by atoms with Gasteiger partial charge in [0, 0.05) is 20.3 Å². The first-order valence-electron chi connectivity index (χ1n) is 6.27. The predicted octanol–water partition coefficient (Wildman–Crippen LogP) is 4.20. The van der Waals surface area contributed by atoms with Crippen molar-refractivity contribution in [2.75, 3.05) is 11.1 Å². The number of halogens is 1. The van der Waals surface area contributed by atoms with E-state index in [-0.39, 0.29) is 5.91 Å². The fraction of sp³-hybridized carbons (Fsp3) is 0.0667. The van der Waals surface area contributed by atoms with Crippen molar-refractivity contribution in [1.29, 1.82) is 0 Å². The Morgan fingerprint density at radius 3 is 2.81 bits per heavy atom. The zero-order chi connectivity index (χ0) is 15.0. The summed E-state index contributed by atoms with van der Waals surface area (Å²) >= 11 is 4.85. The number of nitrogens with zero attached hydrogens (tertiary/aromatic N) is 1. The summed E-state index contributed by atoms with van der Waals surface area (Å²) in [6.45, 7) is 1.90. The lowest BCUT2D eigenvalue weighted by Crippen LogP contribution is -2.12. The Kier molecular flexibility index (Phi) is 3.65. The minimum absolute atomic E-state index is 0.216. The molecule has 106 valence electrons. The Bertz CT molecular complexity index is 827. The highest BCUT2D eigenvalue weighted by Gasteiger charge is 2.18. The highest BCUT2D eigenvalue weighted by atomic mass is 79.9. The van der Waals surface area contributed by atoms with Gasteiger partial charge in [0.25, 0.3) is 5.91 Å². The molecule has 2 aromatic heterocycles. The van der Waals surface area contributed by atoms with Crippen molar-refractivity contribution in [3.63, 3.8) is 0 Å². The number of fused-ring (bicyclic) bond motifs is 1. The summed E-state index contributed by atoms with van der Waals surface area (Å²) in [5.41, 5.74) is 8.18.